The fourth-order valence-corrected chi connectivity index (χ4v) is 4.26. The van der Waals surface area contributed by atoms with Gasteiger partial charge in [-0.1, -0.05) is 29.3 Å². The quantitative estimate of drug-likeness (QED) is 0.410. The van der Waals surface area contributed by atoms with Gasteiger partial charge in [-0.3, -0.25) is 4.98 Å². The molecule has 2 aromatic carbocycles. The Morgan fingerprint density at radius 3 is 2.23 bits per heavy atom. The highest BCUT2D eigenvalue weighted by molar-refractivity contribution is 7.91. The number of sulfone groups is 1. The van der Waals surface area contributed by atoms with Crippen molar-refractivity contribution >= 4 is 38.9 Å². The van der Waals surface area contributed by atoms with Crippen molar-refractivity contribution in [3.8, 4) is 11.5 Å². The molecule has 0 saturated carbocycles. The zero-order chi connectivity index (χ0) is 21.1. The predicted octanol–water partition coefficient (Wildman–Crippen LogP) is 5.49. The Balaban J connectivity index is 1.76. The lowest BCUT2D eigenvalue weighted by atomic mass is 10.2. The SMILES string of the molecule is O=S(=O)(c1ccc(Cl)cc1)c1nc(-c2ccc(Cl)cc2)oc1NCc1cccnc1. The zero-order valence-electron chi connectivity index (χ0n) is 15.4. The summed E-state index contributed by atoms with van der Waals surface area (Å²) in [7, 11) is -3.95. The van der Waals surface area contributed by atoms with Gasteiger partial charge >= 0.3 is 0 Å². The first kappa shape index (κ1) is 20.4. The van der Waals surface area contributed by atoms with Gasteiger partial charge in [0.15, 0.2) is 0 Å². The first-order chi connectivity index (χ1) is 14.4. The van der Waals surface area contributed by atoms with Crippen LogP contribution in [0.4, 0.5) is 5.88 Å². The lowest BCUT2D eigenvalue weighted by Gasteiger charge is -2.06. The molecule has 4 aromatic rings. The van der Waals surface area contributed by atoms with Crippen LogP contribution in [0.3, 0.4) is 0 Å². The van der Waals surface area contributed by atoms with E-state index in [4.69, 9.17) is 27.6 Å². The normalized spacial score (nSPS) is 11.4. The van der Waals surface area contributed by atoms with Gasteiger partial charge in [0.05, 0.1) is 4.90 Å². The number of hydrogen-bond donors (Lipinski definition) is 1. The van der Waals surface area contributed by atoms with E-state index in [-0.39, 0.29) is 21.7 Å². The van der Waals surface area contributed by atoms with Gasteiger partial charge in [0.2, 0.25) is 26.6 Å². The number of oxazole rings is 1. The van der Waals surface area contributed by atoms with Gasteiger partial charge in [0, 0.05) is 34.5 Å². The van der Waals surface area contributed by atoms with E-state index < -0.39 is 9.84 Å². The smallest absolute Gasteiger partial charge is 0.234 e. The molecular formula is C21H15Cl2N3O3S. The summed E-state index contributed by atoms with van der Waals surface area (Å²) in [5, 5.41) is 3.79. The van der Waals surface area contributed by atoms with Crippen molar-refractivity contribution in [2.45, 2.75) is 16.5 Å². The number of pyridine rings is 1. The van der Waals surface area contributed by atoms with Crippen LogP contribution in [0.2, 0.25) is 10.0 Å². The van der Waals surface area contributed by atoms with Gasteiger partial charge in [-0.05, 0) is 60.2 Å². The average molecular weight is 460 g/mol. The molecule has 0 bridgehead atoms. The Labute approximate surface area is 183 Å². The molecule has 9 heteroatoms. The summed E-state index contributed by atoms with van der Waals surface area (Å²) in [5.41, 5.74) is 1.46. The van der Waals surface area contributed by atoms with Crippen molar-refractivity contribution in [1.29, 1.82) is 0 Å². The molecule has 0 radical (unpaired) electrons. The second-order valence-corrected chi connectivity index (χ2v) is 9.07. The molecule has 0 aliphatic rings. The van der Waals surface area contributed by atoms with Crippen LogP contribution in [0.5, 0.6) is 0 Å². The predicted molar refractivity (Wildman–Crippen MR) is 115 cm³/mol. The third kappa shape index (κ3) is 4.33. The molecule has 0 unspecified atom stereocenters. The molecule has 2 heterocycles. The molecule has 0 fully saturated rings. The lowest BCUT2D eigenvalue weighted by Crippen LogP contribution is -2.07. The fourth-order valence-electron chi connectivity index (χ4n) is 2.73. The highest BCUT2D eigenvalue weighted by Gasteiger charge is 2.28. The molecule has 2 aromatic heterocycles. The van der Waals surface area contributed by atoms with E-state index in [1.807, 2.05) is 6.07 Å². The Hall–Kier alpha value is -2.87. The van der Waals surface area contributed by atoms with Crippen molar-refractivity contribution in [1.82, 2.24) is 9.97 Å². The molecule has 0 atom stereocenters. The summed E-state index contributed by atoms with van der Waals surface area (Å²) in [4.78, 5) is 8.40. The topological polar surface area (TPSA) is 85.1 Å². The largest absolute Gasteiger partial charge is 0.419 e. The van der Waals surface area contributed by atoms with Crippen molar-refractivity contribution in [3.63, 3.8) is 0 Å². The van der Waals surface area contributed by atoms with E-state index in [1.165, 1.54) is 24.3 Å². The Bertz CT molecular complexity index is 1260. The highest BCUT2D eigenvalue weighted by Crippen LogP contribution is 2.33. The third-order valence-electron chi connectivity index (χ3n) is 4.24. The van der Waals surface area contributed by atoms with E-state index in [0.717, 1.165) is 5.56 Å². The number of anilines is 1. The minimum Gasteiger partial charge on any atom is -0.419 e. The van der Waals surface area contributed by atoms with E-state index in [2.05, 4.69) is 15.3 Å². The number of nitrogens with zero attached hydrogens (tertiary/aromatic N) is 2. The average Bonchev–Trinajstić information content (AvgIpc) is 3.19. The molecule has 0 spiro atoms. The van der Waals surface area contributed by atoms with Crippen LogP contribution >= 0.6 is 23.2 Å². The second kappa shape index (κ2) is 8.47. The monoisotopic (exact) mass is 459 g/mol. The van der Waals surface area contributed by atoms with E-state index in [0.29, 0.717) is 22.2 Å². The molecule has 0 amide bonds. The first-order valence-corrected chi connectivity index (χ1v) is 11.1. The maximum atomic E-state index is 13.2. The lowest BCUT2D eigenvalue weighted by molar-refractivity contribution is 0.576. The van der Waals surface area contributed by atoms with Crippen LogP contribution in [0.25, 0.3) is 11.5 Å². The van der Waals surface area contributed by atoms with Gasteiger partial charge in [0.1, 0.15) is 0 Å². The Morgan fingerprint density at radius 2 is 1.60 bits per heavy atom. The molecular weight excluding hydrogens is 445 g/mol. The van der Waals surface area contributed by atoms with Crippen LogP contribution in [-0.2, 0) is 16.4 Å². The van der Waals surface area contributed by atoms with E-state index in [9.17, 15) is 8.42 Å². The van der Waals surface area contributed by atoms with Crippen molar-refractivity contribution < 1.29 is 12.8 Å². The molecule has 0 aliphatic heterocycles. The number of benzene rings is 2. The summed E-state index contributed by atoms with van der Waals surface area (Å²) in [6, 6.07) is 16.3. The van der Waals surface area contributed by atoms with Crippen LogP contribution in [0.15, 0.2) is 87.4 Å². The Kier molecular flexibility index (Phi) is 5.76. The van der Waals surface area contributed by atoms with Gasteiger partial charge in [-0.2, -0.15) is 4.98 Å². The number of halogens is 2. The standard InChI is InChI=1S/C21H15Cl2N3O3S/c22-16-5-3-15(4-6-16)19-26-21(30(27,28)18-9-7-17(23)8-10-18)20(29-19)25-13-14-2-1-11-24-12-14/h1-12,25H,13H2. The highest BCUT2D eigenvalue weighted by atomic mass is 35.5. The summed E-state index contributed by atoms with van der Waals surface area (Å²) < 4.78 is 32.3. The number of hydrogen-bond acceptors (Lipinski definition) is 6. The van der Waals surface area contributed by atoms with Crippen LogP contribution < -0.4 is 5.32 Å². The van der Waals surface area contributed by atoms with Gasteiger partial charge in [-0.15, -0.1) is 0 Å². The van der Waals surface area contributed by atoms with E-state index in [1.54, 1.807) is 42.7 Å². The first-order valence-electron chi connectivity index (χ1n) is 8.84. The summed E-state index contributed by atoms with van der Waals surface area (Å²) >= 11 is 11.8. The summed E-state index contributed by atoms with van der Waals surface area (Å²) in [5.74, 6) is 0.201. The third-order valence-corrected chi connectivity index (χ3v) is 6.42. The van der Waals surface area contributed by atoms with Gasteiger partial charge in [-0.25, -0.2) is 8.42 Å². The second-order valence-electron chi connectivity index (χ2n) is 6.33. The number of rotatable bonds is 6. The van der Waals surface area contributed by atoms with Gasteiger partial charge < -0.3 is 9.73 Å². The minimum absolute atomic E-state index is 0.0405. The van der Waals surface area contributed by atoms with Crippen molar-refractivity contribution in [2.24, 2.45) is 0 Å². The minimum atomic E-state index is -3.95. The van der Waals surface area contributed by atoms with Crippen molar-refractivity contribution in [2.75, 3.05) is 5.32 Å². The van der Waals surface area contributed by atoms with Crippen LogP contribution in [0, 0.1) is 0 Å². The van der Waals surface area contributed by atoms with Crippen LogP contribution in [-0.4, -0.2) is 18.4 Å². The van der Waals surface area contributed by atoms with Gasteiger partial charge in [0.25, 0.3) is 0 Å². The van der Waals surface area contributed by atoms with Crippen molar-refractivity contribution in [3.05, 3.63) is 88.7 Å². The maximum absolute atomic E-state index is 13.2. The number of nitrogens with one attached hydrogen (secondary N) is 1. The molecule has 152 valence electrons. The Morgan fingerprint density at radius 1 is 0.933 bits per heavy atom. The molecule has 1 N–H and O–H groups in total. The molecule has 6 nitrogen and oxygen atoms in total. The number of aromatic nitrogens is 2. The summed E-state index contributed by atoms with van der Waals surface area (Å²) in [6.07, 6.45) is 3.34. The molecule has 4 rings (SSSR count). The molecule has 30 heavy (non-hydrogen) atoms. The maximum Gasteiger partial charge on any atom is 0.234 e. The fraction of sp³-hybridized carbons (Fsp3) is 0.0476. The van der Waals surface area contributed by atoms with E-state index >= 15 is 0 Å². The molecule has 0 aliphatic carbocycles. The summed E-state index contributed by atoms with van der Waals surface area (Å²) in [6.45, 7) is 0.312. The zero-order valence-corrected chi connectivity index (χ0v) is 17.7. The van der Waals surface area contributed by atoms with Crippen LogP contribution in [0.1, 0.15) is 5.56 Å². The molecule has 0 saturated heterocycles.